The molecule has 13 heteroatoms. The first-order chi connectivity index (χ1) is 22.0. The van der Waals surface area contributed by atoms with E-state index >= 15 is 0 Å². The first-order valence-corrected chi connectivity index (χ1v) is 14.4. The summed E-state index contributed by atoms with van der Waals surface area (Å²) >= 11 is 6.34. The van der Waals surface area contributed by atoms with Gasteiger partial charge in [-0.05, 0) is 102 Å². The molecule has 1 heterocycles. The van der Waals surface area contributed by atoms with E-state index in [2.05, 4.69) is 0 Å². The average Bonchev–Trinajstić information content (AvgIpc) is 3.28. The number of hydrogen-bond donors (Lipinski definition) is 1. The number of halogens is 7. The van der Waals surface area contributed by atoms with Crippen LogP contribution in [-0.2, 0) is 23.6 Å². The van der Waals surface area contributed by atoms with Gasteiger partial charge in [0.2, 0.25) is 0 Å². The number of carboxylic acid groups (broad SMARTS) is 1. The molecule has 1 aliphatic heterocycles. The third-order valence-electron chi connectivity index (χ3n) is 8.01. The van der Waals surface area contributed by atoms with Crippen molar-refractivity contribution in [3.05, 3.63) is 111 Å². The van der Waals surface area contributed by atoms with Gasteiger partial charge in [0.05, 0.1) is 36.4 Å². The lowest BCUT2D eigenvalue weighted by Gasteiger charge is -2.24. The van der Waals surface area contributed by atoms with E-state index < -0.39 is 53.3 Å². The number of aryl methyl sites for hydroxylation is 1. The highest BCUT2D eigenvalue weighted by Gasteiger charge is 2.43. The molecule has 2 atom stereocenters. The molecule has 0 spiro atoms. The molecule has 1 saturated heterocycles. The second-order valence-corrected chi connectivity index (χ2v) is 11.5. The van der Waals surface area contributed by atoms with Crippen LogP contribution in [-0.4, -0.2) is 35.2 Å². The maximum absolute atomic E-state index is 13.5. The van der Waals surface area contributed by atoms with Crippen molar-refractivity contribution in [3.63, 3.8) is 0 Å². The third-order valence-corrected chi connectivity index (χ3v) is 8.25. The molecule has 4 aromatic carbocycles. The molecule has 0 bridgehead atoms. The monoisotopic (exact) mass is 677 g/mol. The highest BCUT2D eigenvalue weighted by Crippen LogP contribution is 2.43. The Labute approximate surface area is 270 Å². The normalized spacial score (nSPS) is 16.7. The van der Waals surface area contributed by atoms with Crippen molar-refractivity contribution in [1.82, 2.24) is 4.90 Å². The molecular weight excluding hydrogens is 652 g/mol. The number of alkyl halides is 6. The van der Waals surface area contributed by atoms with E-state index in [9.17, 15) is 41.0 Å². The van der Waals surface area contributed by atoms with Crippen LogP contribution in [0, 0.1) is 6.92 Å². The fraction of sp³-hybridized carbons (Fsp3) is 0.235. The van der Waals surface area contributed by atoms with Gasteiger partial charge in [-0.3, -0.25) is 4.90 Å². The van der Waals surface area contributed by atoms with E-state index in [-0.39, 0.29) is 18.2 Å². The molecule has 1 amide bonds. The number of methoxy groups -OCH3 is 1. The maximum Gasteiger partial charge on any atom is 0.416 e. The molecule has 6 nitrogen and oxygen atoms in total. The predicted octanol–water partition coefficient (Wildman–Crippen LogP) is 9.81. The topological polar surface area (TPSA) is 76.1 Å². The van der Waals surface area contributed by atoms with Crippen LogP contribution in [0.15, 0.2) is 72.8 Å². The molecule has 0 saturated carbocycles. The molecule has 1 aliphatic rings. The summed E-state index contributed by atoms with van der Waals surface area (Å²) < 4.78 is 92.2. The van der Waals surface area contributed by atoms with E-state index in [0.29, 0.717) is 45.2 Å². The molecule has 0 aromatic heterocycles. The summed E-state index contributed by atoms with van der Waals surface area (Å²) in [5, 5.41) is 9.66. The van der Waals surface area contributed by atoms with Gasteiger partial charge in [0.25, 0.3) is 0 Å². The highest BCUT2D eigenvalue weighted by molar-refractivity contribution is 6.30. The Morgan fingerprint density at radius 1 is 0.894 bits per heavy atom. The maximum atomic E-state index is 13.5. The van der Waals surface area contributed by atoms with Gasteiger partial charge >= 0.3 is 24.4 Å². The van der Waals surface area contributed by atoms with Crippen molar-refractivity contribution in [2.45, 2.75) is 44.9 Å². The van der Waals surface area contributed by atoms with Gasteiger partial charge in [-0.15, -0.1) is 0 Å². The molecule has 0 aliphatic carbocycles. The summed E-state index contributed by atoms with van der Waals surface area (Å²) in [4.78, 5) is 25.7. The second-order valence-electron chi connectivity index (χ2n) is 11.1. The number of carbonyl (C=O) groups excluding carboxylic acids is 1. The van der Waals surface area contributed by atoms with Gasteiger partial charge in [0.15, 0.2) is 0 Å². The van der Waals surface area contributed by atoms with Gasteiger partial charge in [-0.25, -0.2) is 9.59 Å². The predicted molar refractivity (Wildman–Crippen MR) is 161 cm³/mol. The van der Waals surface area contributed by atoms with Crippen LogP contribution in [0.5, 0.6) is 5.75 Å². The lowest BCUT2D eigenvalue weighted by Crippen LogP contribution is -2.31. The Balaban J connectivity index is 1.53. The fourth-order valence-electron chi connectivity index (χ4n) is 5.65. The van der Waals surface area contributed by atoms with E-state index in [1.807, 2.05) is 6.07 Å². The Kier molecular flexibility index (Phi) is 8.93. The van der Waals surface area contributed by atoms with Gasteiger partial charge in [-0.2, -0.15) is 26.3 Å². The summed E-state index contributed by atoms with van der Waals surface area (Å²) in [6.45, 7) is 3.09. The minimum atomic E-state index is -5.07. The number of nitrogens with zero attached hydrogens (tertiary/aromatic N) is 1. The molecule has 0 radical (unpaired) electrons. The lowest BCUT2D eigenvalue weighted by atomic mass is 9.92. The van der Waals surface area contributed by atoms with Gasteiger partial charge in [0, 0.05) is 10.6 Å². The second kappa shape index (κ2) is 12.5. The van der Waals surface area contributed by atoms with E-state index in [0.717, 1.165) is 11.1 Å². The van der Waals surface area contributed by atoms with Crippen molar-refractivity contribution in [2.75, 3.05) is 7.11 Å². The smallest absolute Gasteiger partial charge is 0.416 e. The molecule has 5 rings (SSSR count). The lowest BCUT2D eigenvalue weighted by molar-refractivity contribution is -0.143. The van der Waals surface area contributed by atoms with Crippen LogP contribution in [0.3, 0.4) is 0 Å². The van der Waals surface area contributed by atoms with Crippen LogP contribution >= 0.6 is 11.6 Å². The number of rotatable bonds is 7. The van der Waals surface area contributed by atoms with Crippen LogP contribution in [0.2, 0.25) is 5.02 Å². The quantitative estimate of drug-likeness (QED) is 0.197. The number of ether oxygens (including phenoxy) is 2. The molecule has 246 valence electrons. The zero-order valence-electron chi connectivity index (χ0n) is 25.0. The Hall–Kier alpha value is -4.71. The van der Waals surface area contributed by atoms with E-state index in [1.54, 1.807) is 49.4 Å². The van der Waals surface area contributed by atoms with Gasteiger partial charge < -0.3 is 14.6 Å². The summed E-state index contributed by atoms with van der Waals surface area (Å²) in [5.74, 6) is -0.609. The van der Waals surface area contributed by atoms with Crippen LogP contribution in [0.1, 0.15) is 51.2 Å². The van der Waals surface area contributed by atoms with Crippen molar-refractivity contribution >= 4 is 23.7 Å². The van der Waals surface area contributed by atoms with Crippen molar-refractivity contribution in [1.29, 1.82) is 0 Å². The first-order valence-electron chi connectivity index (χ1n) is 14.1. The number of aromatic carboxylic acids is 1. The summed E-state index contributed by atoms with van der Waals surface area (Å²) in [7, 11) is 1.47. The Morgan fingerprint density at radius 2 is 1.53 bits per heavy atom. The van der Waals surface area contributed by atoms with Crippen LogP contribution in [0.25, 0.3) is 22.3 Å². The van der Waals surface area contributed by atoms with Crippen molar-refractivity contribution < 1.29 is 50.5 Å². The van der Waals surface area contributed by atoms with Crippen molar-refractivity contribution in [3.8, 4) is 28.0 Å². The molecular formula is C34H26ClF6NO5. The zero-order valence-corrected chi connectivity index (χ0v) is 25.7. The minimum absolute atomic E-state index is 0.0183. The number of hydrogen-bond acceptors (Lipinski definition) is 4. The van der Waals surface area contributed by atoms with Crippen LogP contribution in [0.4, 0.5) is 31.1 Å². The molecule has 1 fully saturated rings. The number of carbonyl (C=O) groups is 2. The van der Waals surface area contributed by atoms with Crippen LogP contribution < -0.4 is 4.74 Å². The summed E-state index contributed by atoms with van der Waals surface area (Å²) in [6.07, 6.45) is -12.5. The fourth-order valence-corrected chi connectivity index (χ4v) is 5.84. The molecule has 47 heavy (non-hydrogen) atoms. The van der Waals surface area contributed by atoms with Gasteiger partial charge in [-0.1, -0.05) is 29.8 Å². The molecule has 0 unspecified atom stereocenters. The van der Waals surface area contributed by atoms with Crippen molar-refractivity contribution in [2.24, 2.45) is 0 Å². The van der Waals surface area contributed by atoms with Gasteiger partial charge in [0.1, 0.15) is 11.9 Å². The minimum Gasteiger partial charge on any atom is -0.496 e. The van der Waals surface area contributed by atoms with E-state index in [1.165, 1.54) is 25.0 Å². The molecule has 4 aromatic rings. The number of benzene rings is 4. The Morgan fingerprint density at radius 3 is 2.11 bits per heavy atom. The highest BCUT2D eigenvalue weighted by atomic mass is 35.5. The largest absolute Gasteiger partial charge is 0.496 e. The molecule has 1 N–H and O–H groups in total. The zero-order chi connectivity index (χ0) is 34.4. The number of amides is 1. The summed E-state index contributed by atoms with van der Waals surface area (Å²) in [5.41, 5.74) is 0.517. The van der Waals surface area contributed by atoms with E-state index in [4.69, 9.17) is 21.1 Å². The standard InChI is InChI=1S/C34H26ClF6NO5/c1-17-10-20(31(43)44)4-7-26(17)19-5-9-29(46-3)28(14-19)27-8-6-25(35)13-22(27)16-42-18(2)30(47-32(42)45)21-11-23(33(36,37)38)15-24(12-21)34(39,40)41/h4-15,18,30H,16H2,1-3H3,(H,43,44)/t18-,30-/m0/s1. The average molecular weight is 678 g/mol. The summed E-state index contributed by atoms with van der Waals surface area (Å²) in [6, 6.07) is 15.1. The third kappa shape index (κ3) is 6.87. The number of carboxylic acids is 1. The SMILES string of the molecule is COc1ccc(-c2ccc(C(=O)O)cc2C)cc1-c1ccc(Cl)cc1CN1C(=O)O[C@H](c2cc(C(F)(F)F)cc(C(F)(F)F)c2)[C@@H]1C. The Bertz CT molecular complexity index is 1840. The first kappa shape index (κ1) is 33.6. The number of cyclic esters (lactones) is 1.